The van der Waals surface area contributed by atoms with Gasteiger partial charge in [0.05, 0.1) is 6.04 Å². The van der Waals surface area contributed by atoms with Gasteiger partial charge in [-0.2, -0.15) is 0 Å². The first-order chi connectivity index (χ1) is 8.77. The molecule has 4 atom stereocenters. The van der Waals surface area contributed by atoms with Crippen molar-refractivity contribution in [3.8, 4) is 0 Å². The molecule has 1 aliphatic heterocycles. The molecule has 0 spiro atoms. The van der Waals surface area contributed by atoms with Crippen LogP contribution in [0.2, 0.25) is 0 Å². The van der Waals surface area contributed by atoms with Crippen molar-refractivity contribution in [2.24, 2.45) is 11.8 Å². The summed E-state index contributed by atoms with van der Waals surface area (Å²) in [5.74, 6) is 1.91. The molecule has 1 fully saturated rings. The van der Waals surface area contributed by atoms with Crippen molar-refractivity contribution in [1.29, 1.82) is 0 Å². The number of fused-ring (bicyclic) bond motifs is 2. The Balaban J connectivity index is 1.92. The molecule has 4 aliphatic rings. The third kappa shape index (κ3) is 1.16. The molecular formula is C16H17NO. The molecule has 1 aromatic rings. The molecule has 0 radical (unpaired) electrons. The van der Waals surface area contributed by atoms with E-state index in [4.69, 9.17) is 0 Å². The number of allylic oxidation sites excluding steroid dienone is 1. The van der Waals surface area contributed by atoms with Crippen LogP contribution in [0.1, 0.15) is 31.2 Å². The molecule has 1 saturated carbocycles. The summed E-state index contributed by atoms with van der Waals surface area (Å²) >= 11 is 0. The highest BCUT2D eigenvalue weighted by molar-refractivity contribution is 5.95. The largest absolute Gasteiger partial charge is 0.308 e. The SMILES string of the molecule is CC(=O)N1c2ccccc2[C@H]2[C@@H]1[C@H]1C=C[C@@H]2CC1. The van der Waals surface area contributed by atoms with Gasteiger partial charge in [-0.15, -0.1) is 0 Å². The number of anilines is 1. The molecule has 2 bridgehead atoms. The number of benzene rings is 1. The van der Waals surface area contributed by atoms with E-state index in [0.717, 1.165) is 5.69 Å². The second-order valence-corrected chi connectivity index (χ2v) is 5.75. The van der Waals surface area contributed by atoms with Crippen molar-refractivity contribution in [3.63, 3.8) is 0 Å². The Morgan fingerprint density at radius 3 is 2.61 bits per heavy atom. The summed E-state index contributed by atoms with van der Waals surface area (Å²) in [5, 5.41) is 0. The predicted octanol–water partition coefficient (Wildman–Crippen LogP) is 3.10. The van der Waals surface area contributed by atoms with E-state index in [-0.39, 0.29) is 5.91 Å². The highest BCUT2D eigenvalue weighted by atomic mass is 16.2. The first-order valence-electron chi connectivity index (χ1n) is 6.84. The average molecular weight is 239 g/mol. The van der Waals surface area contributed by atoms with Crippen LogP contribution >= 0.6 is 0 Å². The number of amides is 1. The molecular weight excluding hydrogens is 222 g/mol. The van der Waals surface area contributed by atoms with Gasteiger partial charge in [-0.05, 0) is 36.3 Å². The lowest BCUT2D eigenvalue weighted by molar-refractivity contribution is -0.117. The second kappa shape index (κ2) is 3.47. The van der Waals surface area contributed by atoms with Crippen LogP contribution in [-0.4, -0.2) is 11.9 Å². The minimum atomic E-state index is 0.191. The zero-order valence-corrected chi connectivity index (χ0v) is 10.5. The second-order valence-electron chi connectivity index (χ2n) is 5.75. The number of para-hydroxylation sites is 1. The van der Waals surface area contributed by atoms with Crippen molar-refractivity contribution in [2.75, 3.05) is 4.90 Å². The highest BCUT2D eigenvalue weighted by Gasteiger charge is 2.50. The van der Waals surface area contributed by atoms with Gasteiger partial charge in [-0.3, -0.25) is 4.79 Å². The minimum absolute atomic E-state index is 0.191. The van der Waals surface area contributed by atoms with E-state index >= 15 is 0 Å². The Morgan fingerprint density at radius 1 is 1.17 bits per heavy atom. The third-order valence-corrected chi connectivity index (χ3v) is 4.90. The highest BCUT2D eigenvalue weighted by Crippen LogP contribution is 2.55. The fraction of sp³-hybridized carbons (Fsp3) is 0.438. The fourth-order valence-electron chi connectivity index (χ4n) is 4.26. The van der Waals surface area contributed by atoms with Gasteiger partial charge in [0, 0.05) is 18.5 Å². The molecule has 3 aliphatic carbocycles. The fourth-order valence-corrected chi connectivity index (χ4v) is 4.26. The van der Waals surface area contributed by atoms with Crippen LogP contribution in [0.5, 0.6) is 0 Å². The van der Waals surface area contributed by atoms with Crippen LogP contribution in [0.15, 0.2) is 36.4 Å². The Hall–Kier alpha value is -1.57. The molecule has 0 unspecified atom stereocenters. The summed E-state index contributed by atoms with van der Waals surface area (Å²) in [7, 11) is 0. The Labute approximate surface area is 107 Å². The van der Waals surface area contributed by atoms with E-state index in [0.29, 0.717) is 23.8 Å². The van der Waals surface area contributed by atoms with E-state index < -0.39 is 0 Å². The Morgan fingerprint density at radius 2 is 1.89 bits per heavy atom. The Kier molecular flexibility index (Phi) is 2.00. The van der Waals surface area contributed by atoms with Gasteiger partial charge in [0.15, 0.2) is 0 Å². The van der Waals surface area contributed by atoms with Gasteiger partial charge < -0.3 is 4.90 Å². The maximum Gasteiger partial charge on any atom is 0.224 e. The third-order valence-electron chi connectivity index (χ3n) is 4.90. The number of hydrogen-bond donors (Lipinski definition) is 0. The lowest BCUT2D eigenvalue weighted by Crippen LogP contribution is -2.48. The molecule has 5 rings (SSSR count). The molecule has 1 amide bonds. The average Bonchev–Trinajstić information content (AvgIpc) is 2.77. The monoisotopic (exact) mass is 239 g/mol. The van der Waals surface area contributed by atoms with Crippen LogP contribution in [0.4, 0.5) is 5.69 Å². The van der Waals surface area contributed by atoms with E-state index in [1.54, 1.807) is 6.92 Å². The molecule has 1 aromatic carbocycles. The summed E-state index contributed by atoms with van der Waals surface area (Å²) in [6.45, 7) is 1.70. The van der Waals surface area contributed by atoms with Gasteiger partial charge in [-0.1, -0.05) is 30.4 Å². The molecule has 0 saturated heterocycles. The normalized spacial score (nSPS) is 35.5. The molecule has 18 heavy (non-hydrogen) atoms. The van der Waals surface area contributed by atoms with Crippen LogP contribution in [0.3, 0.4) is 0 Å². The van der Waals surface area contributed by atoms with Crippen LogP contribution < -0.4 is 4.90 Å². The van der Waals surface area contributed by atoms with Gasteiger partial charge >= 0.3 is 0 Å². The number of hydrogen-bond acceptors (Lipinski definition) is 1. The zero-order valence-electron chi connectivity index (χ0n) is 10.5. The quantitative estimate of drug-likeness (QED) is 0.637. The molecule has 2 heteroatoms. The lowest BCUT2D eigenvalue weighted by atomic mass is 9.65. The van der Waals surface area contributed by atoms with Crippen LogP contribution in [0.25, 0.3) is 0 Å². The van der Waals surface area contributed by atoms with E-state index in [1.807, 2.05) is 6.07 Å². The van der Waals surface area contributed by atoms with Gasteiger partial charge in [-0.25, -0.2) is 0 Å². The van der Waals surface area contributed by atoms with Gasteiger partial charge in [0.1, 0.15) is 0 Å². The summed E-state index contributed by atoms with van der Waals surface area (Å²) in [4.78, 5) is 14.1. The number of carbonyl (C=O) groups excluding carboxylic acids is 1. The zero-order chi connectivity index (χ0) is 12.3. The first-order valence-corrected chi connectivity index (χ1v) is 6.84. The summed E-state index contributed by atoms with van der Waals surface area (Å²) in [6.07, 6.45) is 7.25. The molecule has 0 N–H and O–H groups in total. The van der Waals surface area contributed by atoms with Crippen molar-refractivity contribution in [3.05, 3.63) is 42.0 Å². The molecule has 0 aromatic heterocycles. The Bertz CT molecular complexity index is 548. The van der Waals surface area contributed by atoms with Crippen molar-refractivity contribution in [2.45, 2.75) is 31.7 Å². The number of rotatable bonds is 0. The van der Waals surface area contributed by atoms with Crippen LogP contribution in [-0.2, 0) is 4.79 Å². The predicted molar refractivity (Wildman–Crippen MR) is 71.5 cm³/mol. The van der Waals surface area contributed by atoms with E-state index in [9.17, 15) is 4.79 Å². The minimum Gasteiger partial charge on any atom is -0.308 e. The smallest absolute Gasteiger partial charge is 0.224 e. The number of carbonyl (C=O) groups is 1. The summed E-state index contributed by atoms with van der Waals surface area (Å²) in [6, 6.07) is 8.84. The standard InChI is InChI=1S/C16H17NO/c1-10(18)17-14-5-3-2-4-13(14)15-11-6-8-12(9-7-11)16(15)17/h2-6,8,11-12,15-16H,7,9H2,1H3/t11-,12+,15+,16+/m1/s1. The summed E-state index contributed by atoms with van der Waals surface area (Å²) in [5.41, 5.74) is 2.54. The van der Waals surface area contributed by atoms with Crippen molar-refractivity contribution >= 4 is 11.6 Å². The van der Waals surface area contributed by atoms with Crippen LogP contribution in [0, 0.1) is 11.8 Å². The summed E-state index contributed by atoms with van der Waals surface area (Å²) < 4.78 is 0. The maximum atomic E-state index is 12.0. The molecule has 1 heterocycles. The molecule has 2 nitrogen and oxygen atoms in total. The molecule has 92 valence electrons. The van der Waals surface area contributed by atoms with Gasteiger partial charge in [0.25, 0.3) is 0 Å². The lowest BCUT2D eigenvalue weighted by Gasteiger charge is -2.44. The first kappa shape index (κ1) is 10.4. The van der Waals surface area contributed by atoms with E-state index in [2.05, 4.69) is 35.3 Å². The van der Waals surface area contributed by atoms with E-state index in [1.165, 1.54) is 18.4 Å². The van der Waals surface area contributed by atoms with Crippen molar-refractivity contribution < 1.29 is 4.79 Å². The topological polar surface area (TPSA) is 20.3 Å². The van der Waals surface area contributed by atoms with Gasteiger partial charge in [0.2, 0.25) is 5.91 Å². The van der Waals surface area contributed by atoms with Crippen molar-refractivity contribution in [1.82, 2.24) is 0 Å². The number of nitrogens with zero attached hydrogens (tertiary/aromatic N) is 1. The maximum absolute atomic E-state index is 12.0.